The van der Waals surface area contributed by atoms with Crippen LogP contribution in [0.1, 0.15) is 29.7 Å². The maximum Gasteiger partial charge on any atom is 0.317 e. The fraction of sp³-hybridized carbons (Fsp3) is 0.583. The van der Waals surface area contributed by atoms with Crippen LogP contribution >= 0.6 is 11.3 Å². The Kier molecular flexibility index (Phi) is 6.27. The second-order valence-electron chi connectivity index (χ2n) is 4.15. The standard InChI is InChI=1S/C12H19N3O3S/c1-3-9-7-13-10(19-9)8-14-12(18)15(2)6-4-5-11(16)17/h7H,3-6,8H2,1-2H3,(H,14,18)(H,16,17). The fourth-order valence-electron chi connectivity index (χ4n) is 1.45. The van der Waals surface area contributed by atoms with Gasteiger partial charge in [0.15, 0.2) is 0 Å². The number of hydrogen-bond donors (Lipinski definition) is 2. The molecule has 1 aromatic rings. The van der Waals surface area contributed by atoms with Crippen LogP contribution in [-0.4, -0.2) is 40.6 Å². The molecule has 0 aliphatic carbocycles. The first-order valence-electron chi connectivity index (χ1n) is 6.17. The van der Waals surface area contributed by atoms with Crippen molar-refractivity contribution in [2.24, 2.45) is 0 Å². The molecule has 1 heterocycles. The molecule has 0 fully saturated rings. The van der Waals surface area contributed by atoms with E-state index < -0.39 is 5.97 Å². The Bertz CT molecular complexity index is 434. The zero-order valence-corrected chi connectivity index (χ0v) is 12.0. The molecule has 0 radical (unpaired) electrons. The lowest BCUT2D eigenvalue weighted by Crippen LogP contribution is -2.37. The molecule has 0 saturated carbocycles. The molecule has 7 heteroatoms. The average molecular weight is 285 g/mol. The molecule has 0 atom stereocenters. The number of carboxylic acids is 1. The van der Waals surface area contributed by atoms with Crippen molar-refractivity contribution in [3.8, 4) is 0 Å². The van der Waals surface area contributed by atoms with Gasteiger partial charge in [-0.05, 0) is 12.8 Å². The van der Waals surface area contributed by atoms with Gasteiger partial charge in [-0.15, -0.1) is 11.3 Å². The second-order valence-corrected chi connectivity index (χ2v) is 5.35. The van der Waals surface area contributed by atoms with E-state index in [4.69, 9.17) is 5.11 Å². The average Bonchev–Trinajstić information content (AvgIpc) is 2.83. The Morgan fingerprint density at radius 3 is 2.84 bits per heavy atom. The number of thiazole rings is 1. The van der Waals surface area contributed by atoms with Crippen LogP contribution in [0.15, 0.2) is 6.20 Å². The van der Waals surface area contributed by atoms with E-state index in [-0.39, 0.29) is 12.5 Å². The van der Waals surface area contributed by atoms with Crippen LogP contribution in [0.3, 0.4) is 0 Å². The summed E-state index contributed by atoms with van der Waals surface area (Å²) in [7, 11) is 1.65. The van der Waals surface area contributed by atoms with Gasteiger partial charge in [0.25, 0.3) is 0 Å². The predicted octanol–water partition coefficient (Wildman–Crippen LogP) is 1.71. The zero-order chi connectivity index (χ0) is 14.3. The van der Waals surface area contributed by atoms with Crippen molar-refractivity contribution in [3.05, 3.63) is 16.1 Å². The number of nitrogens with one attached hydrogen (secondary N) is 1. The first kappa shape index (κ1) is 15.4. The number of carbonyl (C=O) groups is 2. The number of aryl methyl sites for hydroxylation is 1. The number of nitrogens with zero attached hydrogens (tertiary/aromatic N) is 2. The summed E-state index contributed by atoms with van der Waals surface area (Å²) in [4.78, 5) is 29.0. The molecule has 19 heavy (non-hydrogen) atoms. The van der Waals surface area contributed by atoms with E-state index in [1.807, 2.05) is 6.20 Å². The van der Waals surface area contributed by atoms with Crippen LogP contribution in [0.2, 0.25) is 0 Å². The van der Waals surface area contributed by atoms with Crippen molar-refractivity contribution in [1.29, 1.82) is 0 Å². The molecule has 1 aromatic heterocycles. The number of aromatic nitrogens is 1. The van der Waals surface area contributed by atoms with Gasteiger partial charge in [-0.25, -0.2) is 9.78 Å². The van der Waals surface area contributed by atoms with E-state index >= 15 is 0 Å². The number of carboxylic acid groups (broad SMARTS) is 1. The molecule has 0 aliphatic heterocycles. The quantitative estimate of drug-likeness (QED) is 0.799. The van der Waals surface area contributed by atoms with E-state index in [9.17, 15) is 9.59 Å². The molecule has 0 saturated heterocycles. The lowest BCUT2D eigenvalue weighted by molar-refractivity contribution is -0.137. The molecular formula is C12H19N3O3S. The minimum atomic E-state index is -0.844. The van der Waals surface area contributed by atoms with Crippen molar-refractivity contribution in [3.63, 3.8) is 0 Å². The lowest BCUT2D eigenvalue weighted by atomic mass is 10.3. The summed E-state index contributed by atoms with van der Waals surface area (Å²) in [6.07, 6.45) is 3.30. The smallest absolute Gasteiger partial charge is 0.317 e. The van der Waals surface area contributed by atoms with Gasteiger partial charge in [-0.1, -0.05) is 6.92 Å². The van der Waals surface area contributed by atoms with Crippen molar-refractivity contribution in [1.82, 2.24) is 15.2 Å². The minimum Gasteiger partial charge on any atom is -0.481 e. The van der Waals surface area contributed by atoms with E-state index in [0.29, 0.717) is 19.5 Å². The van der Waals surface area contributed by atoms with Gasteiger partial charge < -0.3 is 15.3 Å². The summed E-state index contributed by atoms with van der Waals surface area (Å²) < 4.78 is 0. The Balaban J connectivity index is 2.27. The highest BCUT2D eigenvalue weighted by molar-refractivity contribution is 7.11. The van der Waals surface area contributed by atoms with Gasteiger partial charge in [-0.3, -0.25) is 4.79 Å². The highest BCUT2D eigenvalue weighted by atomic mass is 32.1. The number of rotatable bonds is 7. The number of urea groups is 1. The zero-order valence-electron chi connectivity index (χ0n) is 11.2. The summed E-state index contributed by atoms with van der Waals surface area (Å²) in [5.74, 6) is -0.844. The van der Waals surface area contributed by atoms with Crippen molar-refractivity contribution >= 4 is 23.3 Å². The first-order chi connectivity index (χ1) is 9.02. The van der Waals surface area contributed by atoms with Crippen LogP contribution in [0.25, 0.3) is 0 Å². The molecular weight excluding hydrogens is 266 g/mol. The Hall–Kier alpha value is -1.63. The number of hydrogen-bond acceptors (Lipinski definition) is 4. The Morgan fingerprint density at radius 2 is 2.26 bits per heavy atom. The Morgan fingerprint density at radius 1 is 1.53 bits per heavy atom. The molecule has 0 bridgehead atoms. The SMILES string of the molecule is CCc1cnc(CNC(=O)N(C)CCCC(=O)O)s1. The van der Waals surface area contributed by atoms with E-state index in [1.54, 1.807) is 18.4 Å². The summed E-state index contributed by atoms with van der Waals surface area (Å²) in [6, 6.07) is -0.210. The topological polar surface area (TPSA) is 82.5 Å². The third kappa shape index (κ3) is 5.69. The highest BCUT2D eigenvalue weighted by Crippen LogP contribution is 2.12. The molecule has 0 aliphatic rings. The molecule has 0 unspecified atom stereocenters. The summed E-state index contributed by atoms with van der Waals surface area (Å²) >= 11 is 1.59. The molecule has 106 valence electrons. The van der Waals surface area contributed by atoms with Crippen LogP contribution in [0.4, 0.5) is 4.79 Å². The van der Waals surface area contributed by atoms with E-state index in [2.05, 4.69) is 17.2 Å². The van der Waals surface area contributed by atoms with Gasteiger partial charge in [0.1, 0.15) is 5.01 Å². The van der Waals surface area contributed by atoms with Crippen LogP contribution in [0, 0.1) is 0 Å². The Labute approximate surface area is 116 Å². The van der Waals surface area contributed by atoms with Crippen molar-refractivity contribution in [2.75, 3.05) is 13.6 Å². The fourth-order valence-corrected chi connectivity index (χ4v) is 2.25. The molecule has 2 N–H and O–H groups in total. The summed E-state index contributed by atoms with van der Waals surface area (Å²) in [5.41, 5.74) is 0. The molecule has 0 aromatic carbocycles. The number of carbonyl (C=O) groups excluding carboxylic acids is 1. The van der Waals surface area contributed by atoms with Crippen LogP contribution in [-0.2, 0) is 17.8 Å². The largest absolute Gasteiger partial charge is 0.481 e. The monoisotopic (exact) mass is 285 g/mol. The maximum atomic E-state index is 11.7. The summed E-state index contributed by atoms with van der Waals surface area (Å²) in [6.45, 7) is 2.90. The van der Waals surface area contributed by atoms with Gasteiger partial charge in [0.2, 0.25) is 0 Å². The van der Waals surface area contributed by atoms with Gasteiger partial charge in [0.05, 0.1) is 6.54 Å². The van der Waals surface area contributed by atoms with E-state index in [1.165, 1.54) is 9.78 Å². The second kappa shape index (κ2) is 7.73. The van der Waals surface area contributed by atoms with E-state index in [0.717, 1.165) is 11.4 Å². The van der Waals surface area contributed by atoms with Crippen molar-refractivity contribution in [2.45, 2.75) is 32.7 Å². The minimum absolute atomic E-state index is 0.0734. The predicted molar refractivity (Wildman–Crippen MR) is 73.2 cm³/mol. The molecule has 0 spiro atoms. The molecule has 1 rings (SSSR count). The summed E-state index contributed by atoms with van der Waals surface area (Å²) in [5, 5.41) is 12.2. The van der Waals surface area contributed by atoms with Gasteiger partial charge >= 0.3 is 12.0 Å². The van der Waals surface area contributed by atoms with Crippen LogP contribution < -0.4 is 5.32 Å². The lowest BCUT2D eigenvalue weighted by Gasteiger charge is -2.16. The van der Waals surface area contributed by atoms with Gasteiger partial charge in [-0.2, -0.15) is 0 Å². The third-order valence-electron chi connectivity index (χ3n) is 2.57. The maximum absolute atomic E-state index is 11.7. The number of aliphatic carboxylic acids is 1. The van der Waals surface area contributed by atoms with Crippen molar-refractivity contribution < 1.29 is 14.7 Å². The van der Waals surface area contributed by atoms with Crippen LogP contribution in [0.5, 0.6) is 0 Å². The number of amides is 2. The van der Waals surface area contributed by atoms with Gasteiger partial charge in [0, 0.05) is 31.1 Å². The molecule has 6 nitrogen and oxygen atoms in total. The third-order valence-corrected chi connectivity index (χ3v) is 3.71. The highest BCUT2D eigenvalue weighted by Gasteiger charge is 2.09. The molecule has 2 amide bonds. The first-order valence-corrected chi connectivity index (χ1v) is 6.99. The normalized spacial score (nSPS) is 10.2.